The molecule has 1 rings (SSSR count). The SMILES string of the molecule is CC=CC(Cc1ccnc(Cl)c1)(P(=O)(OC(C)C)OC(C)C)P(=O)(OC(C)C)OC(C)C. The lowest BCUT2D eigenvalue weighted by atomic mass is 10.1. The Hall–Kier alpha value is -0.520. The van der Waals surface area contributed by atoms with Crippen molar-refractivity contribution in [3.63, 3.8) is 0 Å². The van der Waals surface area contributed by atoms with E-state index in [9.17, 15) is 9.13 Å². The van der Waals surface area contributed by atoms with Crippen molar-refractivity contribution in [2.45, 2.75) is 98.0 Å². The van der Waals surface area contributed by atoms with Crippen molar-refractivity contribution in [2.24, 2.45) is 0 Å². The third-order valence-electron chi connectivity index (χ3n) is 4.04. The zero-order valence-electron chi connectivity index (χ0n) is 20.6. The predicted octanol–water partition coefficient (Wildman–Crippen LogP) is 7.64. The van der Waals surface area contributed by atoms with Crippen LogP contribution in [0.25, 0.3) is 0 Å². The summed E-state index contributed by atoms with van der Waals surface area (Å²) in [6.45, 7) is 15.7. The monoisotopic (exact) mass is 509 g/mol. The molecule has 0 unspecified atom stereocenters. The van der Waals surface area contributed by atoms with Gasteiger partial charge in [-0.1, -0.05) is 23.8 Å². The van der Waals surface area contributed by atoms with E-state index in [4.69, 9.17) is 29.7 Å². The zero-order chi connectivity index (χ0) is 24.7. The predicted molar refractivity (Wildman–Crippen MR) is 131 cm³/mol. The first kappa shape index (κ1) is 29.5. The summed E-state index contributed by atoms with van der Waals surface area (Å²) in [5.41, 5.74) is 0.642. The van der Waals surface area contributed by atoms with Gasteiger partial charge in [0.25, 0.3) is 0 Å². The first-order valence-corrected chi connectivity index (χ1v) is 14.3. The molecule has 0 N–H and O–H groups in total. The highest BCUT2D eigenvalue weighted by atomic mass is 35.5. The summed E-state index contributed by atoms with van der Waals surface area (Å²) in [5, 5.41) is 0.255. The standard InChI is InChI=1S/C22H38ClNO6P2/c1-10-12-22(15-20-11-13-24-21(23)14-20,31(25,27-16(2)3)28-17(4)5)32(26,29-18(6)7)30-19(8)9/h10-14,16-19H,15H2,1-9H3. The van der Waals surface area contributed by atoms with Crippen molar-refractivity contribution in [3.8, 4) is 0 Å². The highest BCUT2D eigenvalue weighted by molar-refractivity contribution is 7.74. The minimum atomic E-state index is -4.17. The summed E-state index contributed by atoms with van der Waals surface area (Å²) in [4.78, 5) is 2.26. The first-order valence-electron chi connectivity index (χ1n) is 10.9. The molecule has 1 heterocycles. The lowest BCUT2D eigenvalue weighted by Crippen LogP contribution is -2.36. The molecule has 10 heteroatoms. The van der Waals surface area contributed by atoms with Crippen molar-refractivity contribution >= 4 is 26.8 Å². The van der Waals surface area contributed by atoms with Gasteiger partial charge < -0.3 is 18.1 Å². The van der Waals surface area contributed by atoms with Crippen LogP contribution >= 0.6 is 26.8 Å². The second kappa shape index (κ2) is 12.3. The molecule has 0 spiro atoms. The Labute approximate surface area is 198 Å². The molecule has 0 saturated heterocycles. The fourth-order valence-corrected chi connectivity index (χ4v) is 9.66. The van der Waals surface area contributed by atoms with Crippen LogP contribution in [0.5, 0.6) is 0 Å². The summed E-state index contributed by atoms with van der Waals surface area (Å²) in [6, 6.07) is 3.35. The molecular weight excluding hydrogens is 472 g/mol. The molecule has 0 aliphatic heterocycles. The summed E-state index contributed by atoms with van der Waals surface area (Å²) in [7, 11) is -8.33. The van der Waals surface area contributed by atoms with Crippen molar-refractivity contribution in [1.82, 2.24) is 4.98 Å². The second-order valence-corrected chi connectivity index (χ2v) is 13.8. The van der Waals surface area contributed by atoms with Crippen molar-refractivity contribution < 1.29 is 27.2 Å². The highest BCUT2D eigenvalue weighted by Crippen LogP contribution is 2.80. The number of allylic oxidation sites excluding steroid dienone is 2. The third-order valence-corrected chi connectivity index (χ3v) is 11.0. The van der Waals surface area contributed by atoms with Crippen molar-refractivity contribution in [2.75, 3.05) is 0 Å². The molecule has 0 aliphatic carbocycles. The largest absolute Gasteiger partial charge is 0.353 e. The van der Waals surface area contributed by atoms with Crippen LogP contribution in [0.1, 0.15) is 67.9 Å². The van der Waals surface area contributed by atoms with Gasteiger partial charge in [0, 0.05) is 12.6 Å². The lowest BCUT2D eigenvalue weighted by Gasteiger charge is -2.43. The number of nitrogens with zero attached hydrogens (tertiary/aromatic N) is 1. The molecule has 0 fully saturated rings. The fraction of sp³-hybridized carbons (Fsp3) is 0.682. The fourth-order valence-electron chi connectivity index (χ4n) is 3.23. The highest BCUT2D eigenvalue weighted by Gasteiger charge is 2.65. The van der Waals surface area contributed by atoms with Crippen LogP contribution in [0.15, 0.2) is 30.5 Å². The molecule has 0 aromatic carbocycles. The molecule has 7 nitrogen and oxygen atoms in total. The first-order chi connectivity index (χ1) is 14.7. The Kier molecular flexibility index (Phi) is 11.3. The Morgan fingerprint density at radius 2 is 1.31 bits per heavy atom. The number of rotatable bonds is 13. The Morgan fingerprint density at radius 1 is 0.906 bits per heavy atom. The van der Waals surface area contributed by atoms with E-state index in [-0.39, 0.29) is 11.6 Å². The zero-order valence-corrected chi connectivity index (χ0v) is 23.1. The van der Waals surface area contributed by atoms with Gasteiger partial charge in [-0.3, -0.25) is 9.13 Å². The van der Waals surface area contributed by atoms with E-state index in [0.29, 0.717) is 5.56 Å². The van der Waals surface area contributed by atoms with Gasteiger partial charge in [-0.15, -0.1) is 0 Å². The molecule has 0 bridgehead atoms. The van der Waals surface area contributed by atoms with Gasteiger partial charge in [0.15, 0.2) is 4.90 Å². The minimum absolute atomic E-state index is 0.0208. The van der Waals surface area contributed by atoms with Crippen LogP contribution in [-0.2, 0) is 33.6 Å². The molecule has 184 valence electrons. The average molecular weight is 510 g/mol. The van der Waals surface area contributed by atoms with Gasteiger partial charge in [0.2, 0.25) is 0 Å². The van der Waals surface area contributed by atoms with Crippen molar-refractivity contribution in [3.05, 3.63) is 41.2 Å². The molecule has 1 aromatic heterocycles. The number of hydrogen-bond donors (Lipinski definition) is 0. The molecule has 1 aromatic rings. The van der Waals surface area contributed by atoms with Crippen LogP contribution in [0, 0.1) is 0 Å². The maximum Gasteiger partial charge on any atom is 0.353 e. The number of aromatic nitrogens is 1. The number of pyridine rings is 1. The quantitative estimate of drug-likeness (QED) is 0.153. The maximum atomic E-state index is 14.7. The summed E-state index contributed by atoms with van der Waals surface area (Å²) in [5.74, 6) is 0. The van der Waals surface area contributed by atoms with Crippen molar-refractivity contribution in [1.29, 1.82) is 0 Å². The average Bonchev–Trinajstić information content (AvgIpc) is 2.58. The number of hydrogen-bond acceptors (Lipinski definition) is 7. The van der Waals surface area contributed by atoms with Gasteiger partial charge >= 0.3 is 15.2 Å². The Morgan fingerprint density at radius 3 is 1.62 bits per heavy atom. The van der Waals surface area contributed by atoms with E-state index < -0.39 is 44.5 Å². The summed E-state index contributed by atoms with van der Waals surface area (Å²) < 4.78 is 53.3. The topological polar surface area (TPSA) is 84.0 Å². The summed E-state index contributed by atoms with van der Waals surface area (Å²) >= 11 is 6.12. The van der Waals surface area contributed by atoms with E-state index in [0.717, 1.165) is 0 Å². The normalized spacial score (nSPS) is 13.9. The Balaban J connectivity index is 4.02. The number of halogens is 1. The molecule has 0 amide bonds. The van der Waals surface area contributed by atoms with E-state index in [2.05, 4.69) is 4.98 Å². The molecule has 32 heavy (non-hydrogen) atoms. The van der Waals surface area contributed by atoms with Crippen LogP contribution in [0.3, 0.4) is 0 Å². The molecule has 0 aliphatic rings. The minimum Gasteiger partial charge on any atom is -0.305 e. The van der Waals surface area contributed by atoms with E-state index >= 15 is 0 Å². The van der Waals surface area contributed by atoms with Gasteiger partial charge in [0.05, 0.1) is 24.4 Å². The Bertz CT molecular complexity index is 791. The van der Waals surface area contributed by atoms with Gasteiger partial charge in [-0.05, 0) is 80.0 Å². The van der Waals surface area contributed by atoms with E-state index in [1.54, 1.807) is 86.6 Å². The van der Waals surface area contributed by atoms with Gasteiger partial charge in [-0.25, -0.2) is 4.98 Å². The second-order valence-electron chi connectivity index (χ2n) is 8.65. The molecule has 0 atom stereocenters. The smallest absolute Gasteiger partial charge is 0.305 e. The van der Waals surface area contributed by atoms with Gasteiger partial charge in [0.1, 0.15) is 5.15 Å². The van der Waals surface area contributed by atoms with E-state index in [1.807, 2.05) is 0 Å². The van der Waals surface area contributed by atoms with Crippen LogP contribution in [-0.4, -0.2) is 34.3 Å². The molecular formula is C22H38ClNO6P2. The molecule has 0 saturated carbocycles. The van der Waals surface area contributed by atoms with Crippen LogP contribution in [0.4, 0.5) is 0 Å². The van der Waals surface area contributed by atoms with Gasteiger partial charge in [-0.2, -0.15) is 0 Å². The van der Waals surface area contributed by atoms with Crippen LogP contribution < -0.4 is 0 Å². The maximum absolute atomic E-state index is 14.7. The lowest BCUT2D eigenvalue weighted by molar-refractivity contribution is 0.114. The van der Waals surface area contributed by atoms with E-state index in [1.165, 1.54) is 6.20 Å². The van der Waals surface area contributed by atoms with Crippen LogP contribution in [0.2, 0.25) is 5.15 Å². The molecule has 0 radical (unpaired) electrons. The third kappa shape index (κ3) is 7.50. The summed E-state index contributed by atoms with van der Waals surface area (Å²) in [6.07, 6.45) is 2.86.